The van der Waals surface area contributed by atoms with E-state index in [0.717, 1.165) is 17.2 Å². The molecule has 0 radical (unpaired) electrons. The van der Waals surface area contributed by atoms with Gasteiger partial charge in [0.05, 0.1) is 11.6 Å². The molecule has 1 aromatic heterocycles. The van der Waals surface area contributed by atoms with Crippen molar-refractivity contribution in [3.05, 3.63) is 45.9 Å². The highest BCUT2D eigenvalue weighted by atomic mass is 32.1. The quantitative estimate of drug-likeness (QED) is 0.943. The largest absolute Gasteiger partial charge is 0.493 e. The molecule has 0 fully saturated rings. The van der Waals surface area contributed by atoms with Gasteiger partial charge < -0.3 is 10.1 Å². The Morgan fingerprint density at radius 1 is 1.50 bits per heavy atom. The zero-order chi connectivity index (χ0) is 13.9. The Hall–Kier alpha value is -1.88. The van der Waals surface area contributed by atoms with Crippen molar-refractivity contribution in [2.75, 3.05) is 13.2 Å². The first-order chi connectivity index (χ1) is 9.72. The maximum Gasteiger partial charge on any atom is 0.270 e. The Balaban J connectivity index is 1.56. The zero-order valence-electron chi connectivity index (χ0n) is 11.3. The summed E-state index contributed by atoms with van der Waals surface area (Å²) in [5, 5.41) is 5.63. The number of fused-ring (bicyclic) bond motifs is 1. The van der Waals surface area contributed by atoms with Gasteiger partial charge in [-0.25, -0.2) is 4.98 Å². The molecule has 104 valence electrons. The number of carbonyl (C=O) groups is 1. The van der Waals surface area contributed by atoms with E-state index >= 15 is 0 Å². The summed E-state index contributed by atoms with van der Waals surface area (Å²) in [6.45, 7) is 3.16. The van der Waals surface area contributed by atoms with Crippen LogP contribution in [-0.4, -0.2) is 24.0 Å². The lowest BCUT2D eigenvalue weighted by atomic mass is 9.97. The Labute approximate surface area is 121 Å². The van der Waals surface area contributed by atoms with E-state index in [0.29, 0.717) is 24.8 Å². The van der Waals surface area contributed by atoms with Crippen LogP contribution in [-0.2, 0) is 6.42 Å². The van der Waals surface area contributed by atoms with Crippen molar-refractivity contribution >= 4 is 17.2 Å². The number of ether oxygens (including phenoxy) is 1. The minimum atomic E-state index is -0.104. The standard InChI is InChI=1S/C15H16N2O2S/c1-10-17-13(9-20-10)15(18)16-7-11-6-12-4-2-3-5-14(12)19-8-11/h2-5,9,11H,6-8H2,1H3,(H,16,18). The fourth-order valence-electron chi connectivity index (χ4n) is 2.32. The molecule has 1 N–H and O–H groups in total. The van der Waals surface area contributed by atoms with Crippen LogP contribution >= 0.6 is 11.3 Å². The van der Waals surface area contributed by atoms with Gasteiger partial charge in [-0.2, -0.15) is 0 Å². The number of para-hydroxylation sites is 1. The molecule has 5 heteroatoms. The molecule has 2 heterocycles. The van der Waals surface area contributed by atoms with E-state index in [1.807, 2.05) is 25.1 Å². The van der Waals surface area contributed by atoms with Gasteiger partial charge in [0.15, 0.2) is 0 Å². The van der Waals surface area contributed by atoms with Crippen LogP contribution < -0.4 is 10.1 Å². The second-order valence-electron chi connectivity index (χ2n) is 4.95. The summed E-state index contributed by atoms with van der Waals surface area (Å²) in [5.74, 6) is 1.17. The SMILES string of the molecule is Cc1nc(C(=O)NCC2COc3ccccc3C2)cs1. The number of rotatable bonds is 3. The van der Waals surface area contributed by atoms with Crippen molar-refractivity contribution in [3.63, 3.8) is 0 Å². The molecule has 0 aliphatic carbocycles. The minimum Gasteiger partial charge on any atom is -0.493 e. The van der Waals surface area contributed by atoms with Gasteiger partial charge in [0.1, 0.15) is 11.4 Å². The first-order valence-electron chi connectivity index (χ1n) is 6.63. The van der Waals surface area contributed by atoms with Crippen LogP contribution in [0, 0.1) is 12.8 Å². The normalized spacial score (nSPS) is 17.1. The summed E-state index contributed by atoms with van der Waals surface area (Å²) in [7, 11) is 0. The highest BCUT2D eigenvalue weighted by molar-refractivity contribution is 7.09. The highest BCUT2D eigenvalue weighted by Gasteiger charge is 2.20. The Morgan fingerprint density at radius 3 is 3.15 bits per heavy atom. The fourth-order valence-corrected chi connectivity index (χ4v) is 2.91. The van der Waals surface area contributed by atoms with Crippen molar-refractivity contribution in [1.82, 2.24) is 10.3 Å². The van der Waals surface area contributed by atoms with E-state index in [1.165, 1.54) is 16.9 Å². The maximum absolute atomic E-state index is 11.9. The monoisotopic (exact) mass is 288 g/mol. The average molecular weight is 288 g/mol. The van der Waals surface area contributed by atoms with Crippen LogP contribution in [0.4, 0.5) is 0 Å². The lowest BCUT2D eigenvalue weighted by molar-refractivity contribution is 0.0934. The first-order valence-corrected chi connectivity index (χ1v) is 7.51. The van der Waals surface area contributed by atoms with Crippen LogP contribution in [0.15, 0.2) is 29.6 Å². The summed E-state index contributed by atoms with van der Waals surface area (Å²) >= 11 is 1.49. The molecule has 1 aromatic carbocycles. The molecule has 0 bridgehead atoms. The number of aryl methyl sites for hydroxylation is 1. The molecule has 1 aliphatic heterocycles. The minimum absolute atomic E-state index is 0.104. The summed E-state index contributed by atoms with van der Waals surface area (Å²) in [4.78, 5) is 16.1. The third-order valence-corrected chi connectivity index (χ3v) is 4.13. The number of hydrogen-bond acceptors (Lipinski definition) is 4. The number of aromatic nitrogens is 1. The maximum atomic E-state index is 11.9. The molecule has 1 atom stereocenters. The van der Waals surface area contributed by atoms with E-state index in [1.54, 1.807) is 5.38 Å². The van der Waals surface area contributed by atoms with Gasteiger partial charge >= 0.3 is 0 Å². The van der Waals surface area contributed by atoms with Crippen LogP contribution in [0.2, 0.25) is 0 Å². The van der Waals surface area contributed by atoms with Crippen molar-refractivity contribution in [3.8, 4) is 5.75 Å². The number of nitrogens with one attached hydrogen (secondary N) is 1. The van der Waals surface area contributed by atoms with E-state index < -0.39 is 0 Å². The average Bonchev–Trinajstić information content (AvgIpc) is 2.91. The number of hydrogen-bond donors (Lipinski definition) is 1. The van der Waals surface area contributed by atoms with Crippen LogP contribution in [0.25, 0.3) is 0 Å². The van der Waals surface area contributed by atoms with E-state index in [4.69, 9.17) is 4.74 Å². The molecule has 1 aliphatic rings. The van der Waals surface area contributed by atoms with Gasteiger partial charge in [-0.3, -0.25) is 4.79 Å². The second-order valence-corrected chi connectivity index (χ2v) is 6.01. The van der Waals surface area contributed by atoms with Crippen molar-refractivity contribution in [2.45, 2.75) is 13.3 Å². The third-order valence-electron chi connectivity index (χ3n) is 3.36. The number of benzene rings is 1. The predicted molar refractivity (Wildman–Crippen MR) is 78.3 cm³/mol. The summed E-state index contributed by atoms with van der Waals surface area (Å²) in [6, 6.07) is 8.06. The van der Waals surface area contributed by atoms with Gasteiger partial charge in [-0.05, 0) is 25.0 Å². The molecule has 0 saturated heterocycles. The molecule has 20 heavy (non-hydrogen) atoms. The topological polar surface area (TPSA) is 51.2 Å². The predicted octanol–water partition coefficient (Wildman–Crippen LogP) is 2.43. The molecule has 4 nitrogen and oxygen atoms in total. The van der Waals surface area contributed by atoms with Crippen LogP contribution in [0.5, 0.6) is 5.75 Å². The smallest absolute Gasteiger partial charge is 0.270 e. The number of thiazole rings is 1. The second kappa shape index (κ2) is 5.63. The number of amides is 1. The lowest BCUT2D eigenvalue weighted by Gasteiger charge is -2.25. The molecule has 2 aromatic rings. The van der Waals surface area contributed by atoms with Crippen LogP contribution in [0.1, 0.15) is 21.1 Å². The zero-order valence-corrected chi connectivity index (χ0v) is 12.1. The van der Waals surface area contributed by atoms with Gasteiger partial charge in [-0.1, -0.05) is 18.2 Å². The van der Waals surface area contributed by atoms with Gasteiger partial charge in [0.25, 0.3) is 5.91 Å². The van der Waals surface area contributed by atoms with E-state index in [-0.39, 0.29) is 5.91 Å². The van der Waals surface area contributed by atoms with Crippen molar-refractivity contribution < 1.29 is 9.53 Å². The molecule has 1 unspecified atom stereocenters. The molecule has 1 amide bonds. The number of nitrogens with zero attached hydrogens (tertiary/aromatic N) is 1. The molecular weight excluding hydrogens is 272 g/mol. The molecule has 0 spiro atoms. The van der Waals surface area contributed by atoms with Crippen molar-refractivity contribution in [1.29, 1.82) is 0 Å². The third kappa shape index (κ3) is 2.82. The fraction of sp³-hybridized carbons (Fsp3) is 0.333. The van der Waals surface area contributed by atoms with Gasteiger partial charge in [0.2, 0.25) is 0 Å². The molecule has 0 saturated carbocycles. The molecule has 3 rings (SSSR count). The van der Waals surface area contributed by atoms with Crippen molar-refractivity contribution in [2.24, 2.45) is 5.92 Å². The van der Waals surface area contributed by atoms with E-state index in [2.05, 4.69) is 16.4 Å². The van der Waals surface area contributed by atoms with Gasteiger partial charge in [-0.15, -0.1) is 11.3 Å². The van der Waals surface area contributed by atoms with Crippen LogP contribution in [0.3, 0.4) is 0 Å². The van der Waals surface area contributed by atoms with E-state index in [9.17, 15) is 4.79 Å². The lowest BCUT2D eigenvalue weighted by Crippen LogP contribution is -2.34. The Bertz CT molecular complexity index is 624. The number of carbonyl (C=O) groups excluding carboxylic acids is 1. The Morgan fingerprint density at radius 2 is 2.35 bits per heavy atom. The summed E-state index contributed by atoms with van der Waals surface area (Å²) < 4.78 is 5.71. The van der Waals surface area contributed by atoms with Gasteiger partial charge in [0, 0.05) is 17.8 Å². The highest BCUT2D eigenvalue weighted by Crippen LogP contribution is 2.26. The molecular formula is C15H16N2O2S. The Kier molecular flexibility index (Phi) is 3.69. The summed E-state index contributed by atoms with van der Waals surface area (Å²) in [6.07, 6.45) is 0.937. The first kappa shape index (κ1) is 13.1. The summed E-state index contributed by atoms with van der Waals surface area (Å²) in [5.41, 5.74) is 1.71.